The lowest BCUT2D eigenvalue weighted by atomic mass is 9.90. The van der Waals surface area contributed by atoms with E-state index in [0.29, 0.717) is 37.9 Å². The van der Waals surface area contributed by atoms with Crippen molar-refractivity contribution in [2.45, 2.75) is 322 Å². The first kappa shape index (κ1) is 65.5. The highest BCUT2D eigenvalue weighted by molar-refractivity contribution is 6.11. The smallest absolute Gasteiger partial charge is 0.305 e. The molecule has 0 bridgehead atoms. The summed E-state index contributed by atoms with van der Waals surface area (Å²) >= 11 is 0. The number of carbonyl (C=O) groups excluding carboxylic acids is 2. The van der Waals surface area contributed by atoms with Gasteiger partial charge in [0, 0.05) is 34.4 Å². The number of unbranched alkanes of at least 4 members (excludes halogenated alkanes) is 34. The normalized spacial score (nSPS) is 14.4. The number of benzene rings is 3. The zero-order valence-corrected chi connectivity index (χ0v) is 50.6. The van der Waals surface area contributed by atoms with Crippen molar-refractivity contribution in [3.63, 3.8) is 0 Å². The summed E-state index contributed by atoms with van der Waals surface area (Å²) in [7, 11) is 0. The molecule has 0 aliphatic heterocycles. The van der Waals surface area contributed by atoms with E-state index in [9.17, 15) is 9.59 Å². The van der Waals surface area contributed by atoms with Crippen molar-refractivity contribution in [1.29, 1.82) is 0 Å². The zero-order valence-electron chi connectivity index (χ0n) is 50.6. The number of carbonyl (C=O) groups is 2. The number of hydrogen-bond acceptors (Lipinski definition) is 6. The van der Waals surface area contributed by atoms with Crippen LogP contribution in [0.15, 0.2) is 42.5 Å². The first-order chi connectivity index (χ1) is 38.6. The van der Waals surface area contributed by atoms with Gasteiger partial charge in [0.1, 0.15) is 11.5 Å². The standard InChI is InChI=1S/C72H118O6/c1-2-62-55-56-67-68(59-62)72(76-58-46-34-30-26-22-18-14-10-6-4-8-12-16-20-24-28-32-42-54-70(74)78-61-64-49-39-36-40-50-64)66-52-44-43-51-65(66)71(67)75-57-45-33-29-25-21-17-13-9-5-3-7-11-15-19-23-27-31-41-53-69(73)77-60-63-47-37-35-38-48-63/h43-44,51-52,55-56,59,63-64H,2-42,45-50,53-54,57-58,60-61H2,1H3. The van der Waals surface area contributed by atoms with Crippen LogP contribution in [0.3, 0.4) is 0 Å². The van der Waals surface area contributed by atoms with Crippen molar-refractivity contribution in [2.75, 3.05) is 26.4 Å². The molecule has 0 saturated heterocycles. The number of ether oxygens (including phenoxy) is 4. The van der Waals surface area contributed by atoms with Gasteiger partial charge in [0.05, 0.1) is 26.4 Å². The molecule has 0 heterocycles. The number of esters is 2. The van der Waals surface area contributed by atoms with Gasteiger partial charge in [-0.25, -0.2) is 0 Å². The highest BCUT2D eigenvalue weighted by Gasteiger charge is 2.19. The third-order valence-corrected chi connectivity index (χ3v) is 17.9. The van der Waals surface area contributed by atoms with Crippen molar-refractivity contribution >= 4 is 33.5 Å². The molecule has 0 atom stereocenters. The second-order valence-corrected chi connectivity index (χ2v) is 24.7. The third-order valence-electron chi connectivity index (χ3n) is 17.9. The minimum atomic E-state index is 0.0302. The Labute approximate surface area is 479 Å². The maximum absolute atomic E-state index is 12.1. The van der Waals surface area contributed by atoms with E-state index < -0.39 is 0 Å². The van der Waals surface area contributed by atoms with Crippen LogP contribution in [0.5, 0.6) is 11.5 Å². The Morgan fingerprint density at radius 1 is 0.359 bits per heavy atom. The largest absolute Gasteiger partial charge is 0.492 e. The minimum Gasteiger partial charge on any atom is -0.492 e. The van der Waals surface area contributed by atoms with Crippen LogP contribution in [0.2, 0.25) is 0 Å². The molecule has 2 aliphatic carbocycles. The minimum absolute atomic E-state index is 0.0302. The van der Waals surface area contributed by atoms with Crippen LogP contribution in [-0.4, -0.2) is 38.4 Å². The Hall–Kier alpha value is -3.28. The average Bonchev–Trinajstić information content (AvgIpc) is 3.55. The third kappa shape index (κ3) is 29.4. The molecule has 2 saturated carbocycles. The fourth-order valence-electron chi connectivity index (χ4n) is 12.7. The van der Waals surface area contributed by atoms with Gasteiger partial charge < -0.3 is 18.9 Å². The average molecular weight is 1080 g/mol. The molecule has 3 aromatic rings. The van der Waals surface area contributed by atoms with E-state index in [1.807, 2.05) is 0 Å². The molecule has 0 unspecified atom stereocenters. The lowest BCUT2D eigenvalue weighted by Crippen LogP contribution is -2.16. The van der Waals surface area contributed by atoms with Gasteiger partial charge in [0.25, 0.3) is 0 Å². The van der Waals surface area contributed by atoms with Crippen LogP contribution < -0.4 is 9.47 Å². The van der Waals surface area contributed by atoms with Gasteiger partial charge in [-0.05, 0) is 81.3 Å². The molecule has 3 aromatic carbocycles. The zero-order chi connectivity index (χ0) is 54.6. The summed E-state index contributed by atoms with van der Waals surface area (Å²) < 4.78 is 24.5. The molecular weight excluding hydrogens is 961 g/mol. The number of hydrogen-bond donors (Lipinski definition) is 0. The van der Waals surface area contributed by atoms with E-state index in [4.69, 9.17) is 18.9 Å². The van der Waals surface area contributed by atoms with E-state index in [2.05, 4.69) is 49.4 Å². The Balaban J connectivity index is 0.803. The van der Waals surface area contributed by atoms with Crippen molar-refractivity contribution < 1.29 is 28.5 Å². The van der Waals surface area contributed by atoms with Crippen LogP contribution in [0.4, 0.5) is 0 Å². The van der Waals surface area contributed by atoms with Gasteiger partial charge in [-0.15, -0.1) is 0 Å². The van der Waals surface area contributed by atoms with Crippen molar-refractivity contribution in [1.82, 2.24) is 0 Å². The van der Waals surface area contributed by atoms with Crippen LogP contribution >= 0.6 is 0 Å². The molecule has 2 fully saturated rings. The van der Waals surface area contributed by atoms with Gasteiger partial charge in [-0.3, -0.25) is 9.59 Å². The van der Waals surface area contributed by atoms with Crippen LogP contribution in [-0.2, 0) is 25.5 Å². The summed E-state index contributed by atoms with van der Waals surface area (Å²) in [6, 6.07) is 15.7. The predicted octanol–water partition coefficient (Wildman–Crippen LogP) is 22.4. The highest BCUT2D eigenvalue weighted by atomic mass is 16.5. The van der Waals surface area contributed by atoms with E-state index in [1.54, 1.807) is 0 Å². The van der Waals surface area contributed by atoms with E-state index in [0.717, 1.165) is 56.8 Å². The summed E-state index contributed by atoms with van der Waals surface area (Å²) in [4.78, 5) is 24.1. The quantitative estimate of drug-likeness (QED) is 0.0319. The van der Waals surface area contributed by atoms with Gasteiger partial charge in [0.15, 0.2) is 0 Å². The lowest BCUT2D eigenvalue weighted by molar-refractivity contribution is -0.146. The van der Waals surface area contributed by atoms with Crippen molar-refractivity contribution in [3.8, 4) is 11.5 Å². The molecule has 0 spiro atoms. The first-order valence-corrected chi connectivity index (χ1v) is 34.2. The molecule has 0 N–H and O–H groups in total. The highest BCUT2D eigenvalue weighted by Crippen LogP contribution is 2.43. The molecule has 6 nitrogen and oxygen atoms in total. The van der Waals surface area contributed by atoms with Gasteiger partial charge >= 0.3 is 11.9 Å². The topological polar surface area (TPSA) is 71.1 Å². The van der Waals surface area contributed by atoms with Crippen LogP contribution in [0.25, 0.3) is 21.5 Å². The molecule has 0 aromatic heterocycles. The Kier molecular flexibility index (Phi) is 37.3. The summed E-state index contributed by atoms with van der Waals surface area (Å²) in [5.74, 6) is 3.36. The SMILES string of the molecule is CCc1ccc2c(OCCCCCCCCCCCCCCCCCCCCC(=O)OCC3CCCCC3)c3ccccc3c(OCCCCCCCCCCCCCCCCCCCCC(=O)OCC3CCCCC3)c2c1. The first-order valence-electron chi connectivity index (χ1n) is 34.2. The Morgan fingerprint density at radius 2 is 0.654 bits per heavy atom. The predicted molar refractivity (Wildman–Crippen MR) is 332 cm³/mol. The molecule has 5 rings (SSSR count). The van der Waals surface area contributed by atoms with Gasteiger partial charge in [-0.2, -0.15) is 0 Å². The monoisotopic (exact) mass is 1080 g/mol. The second-order valence-electron chi connectivity index (χ2n) is 24.7. The molecule has 442 valence electrons. The fourth-order valence-corrected chi connectivity index (χ4v) is 12.7. The van der Waals surface area contributed by atoms with Crippen molar-refractivity contribution in [2.24, 2.45) is 11.8 Å². The molecular formula is C72H118O6. The summed E-state index contributed by atoms with van der Waals surface area (Å²) in [5.41, 5.74) is 1.34. The summed E-state index contributed by atoms with van der Waals surface area (Å²) in [5, 5.41) is 4.73. The summed E-state index contributed by atoms with van der Waals surface area (Å²) in [6.45, 7) is 5.09. The summed E-state index contributed by atoms with van der Waals surface area (Å²) in [6.07, 6.45) is 62.3. The maximum Gasteiger partial charge on any atom is 0.305 e. The van der Waals surface area contributed by atoms with E-state index in [-0.39, 0.29) is 11.9 Å². The Morgan fingerprint density at radius 3 is 0.987 bits per heavy atom. The molecule has 0 amide bonds. The van der Waals surface area contributed by atoms with E-state index in [1.165, 1.54) is 297 Å². The number of fused-ring (bicyclic) bond motifs is 2. The van der Waals surface area contributed by atoms with Gasteiger partial charge in [0.2, 0.25) is 0 Å². The van der Waals surface area contributed by atoms with Crippen molar-refractivity contribution in [3.05, 3.63) is 48.0 Å². The van der Waals surface area contributed by atoms with E-state index >= 15 is 0 Å². The van der Waals surface area contributed by atoms with Gasteiger partial charge in [-0.1, -0.05) is 287 Å². The molecule has 2 aliphatic rings. The number of rotatable bonds is 49. The number of aryl methyl sites for hydroxylation is 1. The molecule has 78 heavy (non-hydrogen) atoms. The molecule has 0 radical (unpaired) electrons. The van der Waals surface area contributed by atoms with Crippen LogP contribution in [0, 0.1) is 11.8 Å². The second kappa shape index (κ2) is 44.4. The fraction of sp³-hybridized carbons (Fsp3) is 0.778. The maximum atomic E-state index is 12.1. The van der Waals surface area contributed by atoms with Crippen LogP contribution in [0.1, 0.15) is 321 Å². The molecule has 6 heteroatoms. The Bertz CT molecular complexity index is 1940. The lowest BCUT2D eigenvalue weighted by Gasteiger charge is -2.20.